The molecule has 4 heteroatoms. The van der Waals surface area contributed by atoms with Gasteiger partial charge in [0, 0.05) is 16.9 Å². The number of hydrogen-bond donors (Lipinski definition) is 2. The van der Waals surface area contributed by atoms with Gasteiger partial charge in [-0.3, -0.25) is 9.59 Å². The lowest BCUT2D eigenvalue weighted by atomic mass is 10.0. The Kier molecular flexibility index (Phi) is 6.00. The first-order valence-corrected chi connectivity index (χ1v) is 8.88. The van der Waals surface area contributed by atoms with Crippen LogP contribution in [-0.2, 0) is 11.2 Å². The number of amides is 1. The van der Waals surface area contributed by atoms with Crippen molar-refractivity contribution in [2.75, 3.05) is 17.2 Å². The Morgan fingerprint density at radius 1 is 0.852 bits per heavy atom. The fraction of sp³-hybridized carbons (Fsp3) is 0.130. The predicted octanol–water partition coefficient (Wildman–Crippen LogP) is 4.53. The molecule has 0 fully saturated rings. The molecule has 0 saturated heterocycles. The van der Waals surface area contributed by atoms with E-state index in [1.54, 1.807) is 18.2 Å². The Morgan fingerprint density at radius 2 is 1.59 bits per heavy atom. The topological polar surface area (TPSA) is 58.2 Å². The number of carbonyl (C=O) groups excluding carboxylic acids is 2. The van der Waals surface area contributed by atoms with Crippen molar-refractivity contribution < 1.29 is 9.59 Å². The van der Waals surface area contributed by atoms with E-state index in [2.05, 4.69) is 22.8 Å². The standard InChI is InChI=1S/C23H22N2O2/c1-17(26)19-11-7-12-21(15-19)24-16-23(27)25-22-13-6-5-10-20(22)14-18-8-3-2-4-9-18/h2-13,15,24H,14,16H2,1H3,(H,25,27). The third-order valence-corrected chi connectivity index (χ3v) is 4.25. The minimum atomic E-state index is -0.135. The van der Waals surface area contributed by atoms with Gasteiger partial charge < -0.3 is 10.6 Å². The maximum Gasteiger partial charge on any atom is 0.243 e. The van der Waals surface area contributed by atoms with E-state index in [0.29, 0.717) is 5.56 Å². The van der Waals surface area contributed by atoms with Crippen molar-refractivity contribution in [2.24, 2.45) is 0 Å². The molecule has 4 nitrogen and oxygen atoms in total. The van der Waals surface area contributed by atoms with Gasteiger partial charge >= 0.3 is 0 Å². The number of hydrogen-bond acceptors (Lipinski definition) is 3. The van der Waals surface area contributed by atoms with Crippen molar-refractivity contribution in [3.05, 3.63) is 95.6 Å². The largest absolute Gasteiger partial charge is 0.376 e. The Balaban J connectivity index is 1.63. The van der Waals surface area contributed by atoms with E-state index < -0.39 is 0 Å². The van der Waals surface area contributed by atoms with Gasteiger partial charge in [-0.05, 0) is 42.7 Å². The molecule has 3 aromatic carbocycles. The van der Waals surface area contributed by atoms with E-state index in [9.17, 15) is 9.59 Å². The number of para-hydroxylation sites is 1. The highest BCUT2D eigenvalue weighted by molar-refractivity contribution is 5.96. The maximum atomic E-state index is 12.4. The van der Waals surface area contributed by atoms with Gasteiger partial charge in [-0.2, -0.15) is 0 Å². The molecule has 0 aliphatic carbocycles. The van der Waals surface area contributed by atoms with Gasteiger partial charge in [0.15, 0.2) is 5.78 Å². The van der Waals surface area contributed by atoms with Crippen LogP contribution in [0.5, 0.6) is 0 Å². The van der Waals surface area contributed by atoms with Crippen LogP contribution in [0.1, 0.15) is 28.4 Å². The highest BCUT2D eigenvalue weighted by Gasteiger charge is 2.08. The second-order valence-electron chi connectivity index (χ2n) is 6.36. The van der Waals surface area contributed by atoms with Gasteiger partial charge in [-0.1, -0.05) is 60.7 Å². The smallest absolute Gasteiger partial charge is 0.243 e. The zero-order chi connectivity index (χ0) is 19.1. The summed E-state index contributed by atoms with van der Waals surface area (Å²) in [6.45, 7) is 1.65. The first-order valence-electron chi connectivity index (χ1n) is 8.88. The fourth-order valence-electron chi connectivity index (χ4n) is 2.84. The van der Waals surface area contributed by atoms with E-state index in [-0.39, 0.29) is 18.2 Å². The van der Waals surface area contributed by atoms with Crippen LogP contribution < -0.4 is 10.6 Å². The number of nitrogens with one attached hydrogen (secondary N) is 2. The molecule has 0 unspecified atom stereocenters. The van der Waals surface area contributed by atoms with E-state index in [4.69, 9.17) is 0 Å². The molecule has 0 saturated carbocycles. The van der Waals surface area contributed by atoms with Crippen LogP contribution in [0.25, 0.3) is 0 Å². The van der Waals surface area contributed by atoms with E-state index >= 15 is 0 Å². The normalized spacial score (nSPS) is 10.3. The summed E-state index contributed by atoms with van der Waals surface area (Å²) in [5.41, 5.74) is 4.43. The van der Waals surface area contributed by atoms with Crippen molar-refractivity contribution in [2.45, 2.75) is 13.3 Å². The molecule has 0 aliphatic heterocycles. The highest BCUT2D eigenvalue weighted by Crippen LogP contribution is 2.19. The predicted molar refractivity (Wildman–Crippen MR) is 109 cm³/mol. The average Bonchev–Trinajstić information content (AvgIpc) is 2.69. The highest BCUT2D eigenvalue weighted by atomic mass is 16.2. The van der Waals surface area contributed by atoms with Crippen LogP contribution in [0.4, 0.5) is 11.4 Å². The van der Waals surface area contributed by atoms with Crippen molar-refractivity contribution in [3.8, 4) is 0 Å². The Bertz CT molecular complexity index is 936. The minimum Gasteiger partial charge on any atom is -0.376 e. The second-order valence-corrected chi connectivity index (χ2v) is 6.36. The summed E-state index contributed by atoms with van der Waals surface area (Å²) in [7, 11) is 0. The zero-order valence-electron chi connectivity index (χ0n) is 15.2. The van der Waals surface area contributed by atoms with Crippen LogP contribution in [0.3, 0.4) is 0 Å². The molecule has 0 heterocycles. The monoisotopic (exact) mass is 358 g/mol. The maximum absolute atomic E-state index is 12.4. The van der Waals surface area contributed by atoms with Crippen molar-refractivity contribution in [1.82, 2.24) is 0 Å². The van der Waals surface area contributed by atoms with Gasteiger partial charge in [0.25, 0.3) is 0 Å². The molecular formula is C23H22N2O2. The number of benzene rings is 3. The first-order chi connectivity index (χ1) is 13.1. The van der Waals surface area contributed by atoms with Gasteiger partial charge in [0.05, 0.1) is 6.54 Å². The summed E-state index contributed by atoms with van der Waals surface area (Å²) in [6, 6.07) is 25.1. The number of rotatable bonds is 7. The molecule has 1 amide bonds. The van der Waals surface area contributed by atoms with E-state index in [1.165, 1.54) is 12.5 Å². The van der Waals surface area contributed by atoms with Gasteiger partial charge in [0.2, 0.25) is 5.91 Å². The number of carbonyl (C=O) groups is 2. The van der Waals surface area contributed by atoms with Crippen molar-refractivity contribution in [3.63, 3.8) is 0 Å². The van der Waals surface area contributed by atoms with Crippen LogP contribution in [0.2, 0.25) is 0 Å². The summed E-state index contributed by atoms with van der Waals surface area (Å²) in [6.07, 6.45) is 0.755. The lowest BCUT2D eigenvalue weighted by Crippen LogP contribution is -2.22. The molecule has 136 valence electrons. The van der Waals surface area contributed by atoms with E-state index in [0.717, 1.165) is 23.4 Å². The molecule has 3 rings (SSSR count). The lowest BCUT2D eigenvalue weighted by molar-refractivity contribution is -0.114. The summed E-state index contributed by atoms with van der Waals surface area (Å²) >= 11 is 0. The Hall–Kier alpha value is -3.40. The molecule has 0 aromatic heterocycles. The zero-order valence-corrected chi connectivity index (χ0v) is 15.2. The molecular weight excluding hydrogens is 336 g/mol. The first kappa shape index (κ1) is 18.4. The molecule has 3 aromatic rings. The second kappa shape index (κ2) is 8.81. The van der Waals surface area contributed by atoms with Crippen LogP contribution in [0.15, 0.2) is 78.9 Å². The number of ketones is 1. The molecule has 0 aliphatic rings. The van der Waals surface area contributed by atoms with E-state index in [1.807, 2.05) is 48.5 Å². The number of anilines is 2. The van der Waals surface area contributed by atoms with Crippen molar-refractivity contribution in [1.29, 1.82) is 0 Å². The molecule has 0 atom stereocenters. The molecule has 0 spiro atoms. The number of Topliss-reactive ketones (excluding diaryl/α,β-unsaturated/α-hetero) is 1. The van der Waals surface area contributed by atoms with Crippen molar-refractivity contribution >= 4 is 23.1 Å². The molecule has 0 radical (unpaired) electrons. The van der Waals surface area contributed by atoms with Crippen LogP contribution >= 0.6 is 0 Å². The van der Waals surface area contributed by atoms with Gasteiger partial charge in [-0.25, -0.2) is 0 Å². The summed E-state index contributed by atoms with van der Waals surface area (Å²) in [4.78, 5) is 23.8. The third kappa shape index (κ3) is 5.28. The Morgan fingerprint density at radius 3 is 2.37 bits per heavy atom. The average molecular weight is 358 g/mol. The Labute approximate surface area is 159 Å². The summed E-state index contributed by atoms with van der Waals surface area (Å²) in [5.74, 6) is -0.137. The SMILES string of the molecule is CC(=O)c1cccc(NCC(=O)Nc2ccccc2Cc2ccccc2)c1. The van der Waals surface area contributed by atoms with Crippen LogP contribution in [0, 0.1) is 0 Å². The summed E-state index contributed by atoms with van der Waals surface area (Å²) in [5, 5.41) is 6.03. The quantitative estimate of drug-likeness (QED) is 0.610. The van der Waals surface area contributed by atoms with Gasteiger partial charge in [-0.15, -0.1) is 0 Å². The fourth-order valence-corrected chi connectivity index (χ4v) is 2.84. The minimum absolute atomic E-state index is 0.00191. The molecule has 0 bridgehead atoms. The third-order valence-electron chi connectivity index (χ3n) is 4.25. The summed E-state index contributed by atoms with van der Waals surface area (Å²) < 4.78 is 0. The molecule has 27 heavy (non-hydrogen) atoms. The van der Waals surface area contributed by atoms with Crippen LogP contribution in [-0.4, -0.2) is 18.2 Å². The lowest BCUT2D eigenvalue weighted by Gasteiger charge is -2.12. The molecule has 2 N–H and O–H groups in total. The van der Waals surface area contributed by atoms with Gasteiger partial charge in [0.1, 0.15) is 0 Å².